The molecule has 0 fully saturated rings. The predicted molar refractivity (Wildman–Crippen MR) is 55.8 cm³/mol. The minimum Gasteiger partial charge on any atom is -0.490 e. The highest BCUT2D eigenvalue weighted by atomic mass is 32.2. The molecule has 1 aliphatic rings. The first-order valence-corrected chi connectivity index (χ1v) is 5.79. The Bertz CT molecular complexity index is 209. The minimum absolute atomic E-state index is 0.142. The zero-order valence-electron chi connectivity index (χ0n) is 8.21. The SMILES string of the molecule is CC(C)CSCC(=O)C1=CCCO1. The van der Waals surface area contributed by atoms with E-state index in [4.69, 9.17) is 4.74 Å². The highest BCUT2D eigenvalue weighted by molar-refractivity contribution is 7.99. The fraction of sp³-hybridized carbons (Fsp3) is 0.700. The molecule has 1 aliphatic heterocycles. The Morgan fingerprint density at radius 1 is 1.69 bits per heavy atom. The van der Waals surface area contributed by atoms with Crippen molar-refractivity contribution < 1.29 is 9.53 Å². The molecule has 0 amide bonds. The van der Waals surface area contributed by atoms with Crippen LogP contribution >= 0.6 is 11.8 Å². The van der Waals surface area contributed by atoms with Gasteiger partial charge in [-0.05, 0) is 17.7 Å². The molecule has 0 atom stereocenters. The highest BCUT2D eigenvalue weighted by Gasteiger charge is 2.14. The first-order chi connectivity index (χ1) is 6.20. The molecule has 0 saturated carbocycles. The molecule has 0 N–H and O–H groups in total. The van der Waals surface area contributed by atoms with E-state index in [0.717, 1.165) is 12.2 Å². The van der Waals surface area contributed by atoms with Crippen LogP contribution in [0.15, 0.2) is 11.8 Å². The normalized spacial score (nSPS) is 15.8. The first-order valence-electron chi connectivity index (χ1n) is 4.64. The second kappa shape index (κ2) is 5.32. The number of carbonyl (C=O) groups excluding carboxylic acids is 1. The summed E-state index contributed by atoms with van der Waals surface area (Å²) in [6.07, 6.45) is 2.77. The van der Waals surface area contributed by atoms with Gasteiger partial charge in [-0.25, -0.2) is 0 Å². The Morgan fingerprint density at radius 3 is 3.00 bits per heavy atom. The number of rotatable bonds is 5. The molecule has 0 aromatic carbocycles. The zero-order valence-corrected chi connectivity index (χ0v) is 9.02. The predicted octanol–water partition coefficient (Wildman–Crippen LogP) is 2.25. The molecule has 0 aromatic heterocycles. The molecule has 1 rings (SSSR count). The average Bonchev–Trinajstić information content (AvgIpc) is 2.55. The van der Waals surface area contributed by atoms with Gasteiger partial charge in [0.15, 0.2) is 5.76 Å². The van der Waals surface area contributed by atoms with E-state index in [-0.39, 0.29) is 5.78 Å². The molecule has 0 bridgehead atoms. The van der Waals surface area contributed by atoms with Crippen molar-refractivity contribution in [1.82, 2.24) is 0 Å². The van der Waals surface area contributed by atoms with Crippen molar-refractivity contribution in [1.29, 1.82) is 0 Å². The van der Waals surface area contributed by atoms with Crippen molar-refractivity contribution in [2.75, 3.05) is 18.1 Å². The van der Waals surface area contributed by atoms with E-state index in [9.17, 15) is 4.79 Å². The van der Waals surface area contributed by atoms with Gasteiger partial charge in [-0.15, -0.1) is 0 Å². The van der Waals surface area contributed by atoms with Gasteiger partial charge in [-0.2, -0.15) is 11.8 Å². The molecular formula is C10H16O2S. The van der Waals surface area contributed by atoms with Crippen molar-refractivity contribution in [2.24, 2.45) is 5.92 Å². The minimum atomic E-state index is 0.142. The van der Waals surface area contributed by atoms with Crippen molar-refractivity contribution in [2.45, 2.75) is 20.3 Å². The highest BCUT2D eigenvalue weighted by Crippen LogP contribution is 2.14. The van der Waals surface area contributed by atoms with E-state index in [1.54, 1.807) is 11.8 Å². The molecule has 74 valence electrons. The number of hydrogen-bond acceptors (Lipinski definition) is 3. The van der Waals surface area contributed by atoms with Gasteiger partial charge < -0.3 is 4.74 Å². The summed E-state index contributed by atoms with van der Waals surface area (Å²) >= 11 is 1.69. The van der Waals surface area contributed by atoms with E-state index in [2.05, 4.69) is 13.8 Å². The number of thioether (sulfide) groups is 1. The topological polar surface area (TPSA) is 26.3 Å². The van der Waals surface area contributed by atoms with Gasteiger partial charge in [0.25, 0.3) is 0 Å². The standard InChI is InChI=1S/C10H16O2S/c1-8(2)6-13-7-9(11)10-4-3-5-12-10/h4,8H,3,5-7H2,1-2H3. The maximum absolute atomic E-state index is 11.4. The van der Waals surface area contributed by atoms with Crippen LogP contribution in [0.2, 0.25) is 0 Å². The summed E-state index contributed by atoms with van der Waals surface area (Å²) in [5.41, 5.74) is 0. The van der Waals surface area contributed by atoms with Gasteiger partial charge in [-0.3, -0.25) is 4.79 Å². The second-order valence-electron chi connectivity index (χ2n) is 3.54. The van der Waals surface area contributed by atoms with Crippen LogP contribution in [0.1, 0.15) is 20.3 Å². The molecule has 0 unspecified atom stereocenters. The van der Waals surface area contributed by atoms with Crippen molar-refractivity contribution in [3.63, 3.8) is 0 Å². The lowest BCUT2D eigenvalue weighted by Crippen LogP contribution is -2.07. The lowest BCUT2D eigenvalue weighted by molar-refractivity contribution is -0.116. The van der Waals surface area contributed by atoms with E-state index in [1.807, 2.05) is 6.08 Å². The van der Waals surface area contributed by atoms with Gasteiger partial charge in [-0.1, -0.05) is 13.8 Å². The Kier molecular flexibility index (Phi) is 4.36. The lowest BCUT2D eigenvalue weighted by Gasteiger charge is -2.04. The van der Waals surface area contributed by atoms with Gasteiger partial charge >= 0.3 is 0 Å². The number of allylic oxidation sites excluding steroid dienone is 1. The molecule has 2 nitrogen and oxygen atoms in total. The monoisotopic (exact) mass is 200 g/mol. The first kappa shape index (κ1) is 10.6. The summed E-state index contributed by atoms with van der Waals surface area (Å²) in [6.45, 7) is 4.99. The third-order valence-corrected chi connectivity index (χ3v) is 3.03. The van der Waals surface area contributed by atoms with Crippen LogP contribution < -0.4 is 0 Å². The van der Waals surface area contributed by atoms with Crippen LogP contribution in [-0.2, 0) is 9.53 Å². The quantitative estimate of drug-likeness (QED) is 0.681. The number of hydrogen-bond donors (Lipinski definition) is 0. The van der Waals surface area contributed by atoms with Crippen LogP contribution in [0.3, 0.4) is 0 Å². The van der Waals surface area contributed by atoms with Crippen molar-refractivity contribution in [3.8, 4) is 0 Å². The maximum Gasteiger partial charge on any atom is 0.206 e. The van der Waals surface area contributed by atoms with Gasteiger partial charge in [0.05, 0.1) is 12.4 Å². The third-order valence-electron chi connectivity index (χ3n) is 1.66. The van der Waals surface area contributed by atoms with Crippen LogP contribution in [0, 0.1) is 5.92 Å². The number of ether oxygens (including phenoxy) is 1. The van der Waals surface area contributed by atoms with Crippen LogP contribution in [0.4, 0.5) is 0 Å². The van der Waals surface area contributed by atoms with E-state index >= 15 is 0 Å². The number of ketones is 1. The summed E-state index contributed by atoms with van der Waals surface area (Å²) in [5.74, 6) is 2.97. The van der Waals surface area contributed by atoms with Crippen molar-refractivity contribution in [3.05, 3.63) is 11.8 Å². The molecular weight excluding hydrogens is 184 g/mol. The smallest absolute Gasteiger partial charge is 0.206 e. The van der Waals surface area contributed by atoms with Crippen LogP contribution in [0.5, 0.6) is 0 Å². The van der Waals surface area contributed by atoms with Gasteiger partial charge in [0, 0.05) is 6.42 Å². The Labute approximate surface area is 83.7 Å². The Morgan fingerprint density at radius 2 is 2.46 bits per heavy atom. The summed E-state index contributed by atoms with van der Waals surface area (Å²) in [7, 11) is 0. The number of carbonyl (C=O) groups is 1. The molecule has 0 saturated heterocycles. The summed E-state index contributed by atoms with van der Waals surface area (Å²) in [5, 5.41) is 0. The van der Waals surface area contributed by atoms with Gasteiger partial charge in [0.1, 0.15) is 0 Å². The van der Waals surface area contributed by atoms with Crippen LogP contribution in [-0.4, -0.2) is 23.9 Å². The molecule has 13 heavy (non-hydrogen) atoms. The fourth-order valence-corrected chi connectivity index (χ4v) is 1.99. The fourth-order valence-electron chi connectivity index (χ4n) is 1.07. The molecule has 0 spiro atoms. The van der Waals surface area contributed by atoms with E-state index in [0.29, 0.717) is 24.0 Å². The maximum atomic E-state index is 11.4. The molecule has 0 aliphatic carbocycles. The largest absolute Gasteiger partial charge is 0.490 e. The second-order valence-corrected chi connectivity index (χ2v) is 4.57. The van der Waals surface area contributed by atoms with E-state index < -0.39 is 0 Å². The summed E-state index contributed by atoms with van der Waals surface area (Å²) < 4.78 is 5.17. The average molecular weight is 200 g/mol. The molecule has 0 radical (unpaired) electrons. The summed E-state index contributed by atoms with van der Waals surface area (Å²) in [6, 6.07) is 0. The Balaban J connectivity index is 2.17. The third kappa shape index (κ3) is 3.85. The molecule has 0 aromatic rings. The Hall–Kier alpha value is -0.440. The molecule has 1 heterocycles. The van der Waals surface area contributed by atoms with E-state index in [1.165, 1.54) is 0 Å². The molecule has 3 heteroatoms. The van der Waals surface area contributed by atoms with Crippen molar-refractivity contribution >= 4 is 17.5 Å². The zero-order chi connectivity index (χ0) is 9.68. The lowest BCUT2D eigenvalue weighted by atomic mass is 10.3. The summed E-state index contributed by atoms with van der Waals surface area (Å²) in [4.78, 5) is 11.4. The van der Waals surface area contributed by atoms with Crippen LogP contribution in [0.25, 0.3) is 0 Å². The number of Topliss-reactive ketones (excluding diaryl/α,β-unsaturated/α-hetero) is 1. The van der Waals surface area contributed by atoms with Gasteiger partial charge in [0.2, 0.25) is 5.78 Å².